The SMILES string of the molecule is O=C(NC(=S)Nc1ccc(N2CCOCC2)c(Cl)c1)c1cccc(OCc2ccccc2)c1. The van der Waals surface area contributed by atoms with Crippen molar-refractivity contribution in [1.29, 1.82) is 0 Å². The Labute approximate surface area is 203 Å². The van der Waals surface area contributed by atoms with Crippen LogP contribution in [-0.2, 0) is 11.3 Å². The smallest absolute Gasteiger partial charge is 0.257 e. The summed E-state index contributed by atoms with van der Waals surface area (Å²) in [6.07, 6.45) is 0. The van der Waals surface area contributed by atoms with Crippen LogP contribution in [0.15, 0.2) is 72.8 Å². The maximum absolute atomic E-state index is 12.7. The quantitative estimate of drug-likeness (QED) is 0.489. The molecule has 6 nitrogen and oxygen atoms in total. The van der Waals surface area contributed by atoms with E-state index in [0.717, 1.165) is 24.3 Å². The van der Waals surface area contributed by atoms with Gasteiger partial charge in [0.25, 0.3) is 5.91 Å². The third kappa shape index (κ3) is 6.44. The Balaban J connectivity index is 1.33. The fourth-order valence-corrected chi connectivity index (χ4v) is 3.96. The number of benzene rings is 3. The largest absolute Gasteiger partial charge is 0.489 e. The van der Waals surface area contributed by atoms with E-state index < -0.39 is 0 Å². The number of hydrogen-bond acceptors (Lipinski definition) is 5. The number of nitrogens with one attached hydrogen (secondary N) is 2. The molecular weight excluding hydrogens is 458 g/mol. The molecule has 0 aliphatic carbocycles. The Morgan fingerprint density at radius 2 is 1.82 bits per heavy atom. The van der Waals surface area contributed by atoms with Crippen molar-refractivity contribution in [2.45, 2.75) is 6.61 Å². The van der Waals surface area contributed by atoms with Gasteiger partial charge >= 0.3 is 0 Å². The summed E-state index contributed by atoms with van der Waals surface area (Å²) in [5, 5.41) is 6.51. The van der Waals surface area contributed by atoms with Gasteiger partial charge in [0.15, 0.2) is 5.11 Å². The van der Waals surface area contributed by atoms with Crippen molar-refractivity contribution in [2.75, 3.05) is 36.5 Å². The fourth-order valence-electron chi connectivity index (χ4n) is 3.45. The summed E-state index contributed by atoms with van der Waals surface area (Å²) in [4.78, 5) is 14.8. The Morgan fingerprint density at radius 1 is 1.03 bits per heavy atom. The summed E-state index contributed by atoms with van der Waals surface area (Å²) in [5.74, 6) is 0.282. The van der Waals surface area contributed by atoms with Crippen molar-refractivity contribution >= 4 is 46.2 Å². The van der Waals surface area contributed by atoms with Crippen LogP contribution in [0.3, 0.4) is 0 Å². The highest BCUT2D eigenvalue weighted by atomic mass is 35.5. The molecule has 0 unspecified atom stereocenters. The lowest BCUT2D eigenvalue weighted by Crippen LogP contribution is -2.36. The van der Waals surface area contributed by atoms with Gasteiger partial charge in [-0.2, -0.15) is 0 Å². The van der Waals surface area contributed by atoms with Gasteiger partial charge in [-0.3, -0.25) is 10.1 Å². The van der Waals surface area contributed by atoms with Crippen molar-refractivity contribution in [3.63, 3.8) is 0 Å². The summed E-state index contributed by atoms with van der Waals surface area (Å²) in [5.41, 5.74) is 3.15. The summed E-state index contributed by atoms with van der Waals surface area (Å²) in [6, 6.07) is 22.4. The van der Waals surface area contributed by atoms with E-state index in [9.17, 15) is 4.79 Å². The molecule has 3 aromatic carbocycles. The number of halogens is 1. The molecule has 1 aliphatic heterocycles. The number of morpholine rings is 1. The highest BCUT2D eigenvalue weighted by molar-refractivity contribution is 7.80. The lowest BCUT2D eigenvalue weighted by molar-refractivity contribution is 0.0977. The molecule has 1 aliphatic rings. The van der Waals surface area contributed by atoms with Gasteiger partial charge in [-0.25, -0.2) is 0 Å². The monoisotopic (exact) mass is 481 g/mol. The first-order valence-electron chi connectivity index (χ1n) is 10.6. The molecule has 0 spiro atoms. The molecule has 1 amide bonds. The maximum Gasteiger partial charge on any atom is 0.257 e. The highest BCUT2D eigenvalue weighted by Crippen LogP contribution is 2.29. The lowest BCUT2D eigenvalue weighted by atomic mass is 10.2. The van der Waals surface area contributed by atoms with Crippen LogP contribution >= 0.6 is 23.8 Å². The minimum atomic E-state index is -0.325. The third-order valence-electron chi connectivity index (χ3n) is 5.13. The normalized spacial score (nSPS) is 13.3. The minimum absolute atomic E-state index is 0.186. The Kier molecular flexibility index (Phi) is 7.78. The van der Waals surface area contributed by atoms with E-state index >= 15 is 0 Å². The number of anilines is 2. The van der Waals surface area contributed by atoms with Crippen molar-refractivity contribution in [2.24, 2.45) is 0 Å². The standard InChI is InChI=1S/C25H24ClN3O3S/c26-22-16-20(9-10-23(22)29-11-13-31-14-12-29)27-25(33)28-24(30)19-7-4-8-21(15-19)32-17-18-5-2-1-3-6-18/h1-10,15-16H,11-14,17H2,(H2,27,28,30,33). The van der Waals surface area contributed by atoms with Gasteiger partial charge < -0.3 is 19.7 Å². The first-order valence-corrected chi connectivity index (χ1v) is 11.4. The number of nitrogens with zero attached hydrogens (tertiary/aromatic N) is 1. The van der Waals surface area contributed by atoms with Crippen molar-refractivity contribution in [1.82, 2.24) is 5.32 Å². The molecular formula is C25H24ClN3O3S. The first kappa shape index (κ1) is 23.0. The molecule has 1 saturated heterocycles. The predicted octanol–water partition coefficient (Wildman–Crippen LogP) is 4.88. The second-order valence-corrected chi connectivity index (χ2v) is 8.29. The molecule has 1 fully saturated rings. The van der Waals surface area contributed by atoms with Crippen LogP contribution in [0.1, 0.15) is 15.9 Å². The number of thiocarbonyl (C=S) groups is 1. The molecule has 0 radical (unpaired) electrons. The van der Waals surface area contributed by atoms with Crippen LogP contribution in [-0.4, -0.2) is 37.3 Å². The zero-order chi connectivity index (χ0) is 23.0. The van der Waals surface area contributed by atoms with Crippen LogP contribution in [0.4, 0.5) is 11.4 Å². The summed E-state index contributed by atoms with van der Waals surface area (Å²) < 4.78 is 11.2. The molecule has 8 heteroatoms. The highest BCUT2D eigenvalue weighted by Gasteiger charge is 2.15. The van der Waals surface area contributed by atoms with Crippen LogP contribution in [0.25, 0.3) is 0 Å². The van der Waals surface area contributed by atoms with E-state index in [1.807, 2.05) is 48.5 Å². The van der Waals surface area contributed by atoms with Gasteiger partial charge in [0.2, 0.25) is 0 Å². The Bertz CT molecular complexity index is 1120. The predicted molar refractivity (Wildman–Crippen MR) is 135 cm³/mol. The van der Waals surface area contributed by atoms with Gasteiger partial charge in [0.05, 0.1) is 23.9 Å². The van der Waals surface area contributed by atoms with Crippen LogP contribution < -0.4 is 20.3 Å². The van der Waals surface area contributed by atoms with E-state index in [-0.39, 0.29) is 11.0 Å². The average Bonchev–Trinajstić information content (AvgIpc) is 2.84. The zero-order valence-electron chi connectivity index (χ0n) is 17.9. The van der Waals surface area contributed by atoms with Crippen LogP contribution in [0.2, 0.25) is 5.02 Å². The molecule has 0 saturated carbocycles. The molecule has 0 bridgehead atoms. The maximum atomic E-state index is 12.7. The summed E-state index contributed by atoms with van der Waals surface area (Å²) in [6.45, 7) is 3.40. The van der Waals surface area contributed by atoms with Gasteiger partial charge in [-0.1, -0.05) is 48.0 Å². The molecule has 3 aromatic rings. The van der Waals surface area contributed by atoms with E-state index in [0.29, 0.717) is 41.8 Å². The number of carbonyl (C=O) groups is 1. The van der Waals surface area contributed by atoms with Gasteiger partial charge in [0.1, 0.15) is 12.4 Å². The molecule has 0 aromatic heterocycles. The number of carbonyl (C=O) groups excluding carboxylic acids is 1. The fraction of sp³-hybridized carbons (Fsp3) is 0.200. The topological polar surface area (TPSA) is 62.8 Å². The number of amides is 1. The molecule has 2 N–H and O–H groups in total. The van der Waals surface area contributed by atoms with E-state index in [4.69, 9.17) is 33.3 Å². The van der Waals surface area contributed by atoms with Gasteiger partial charge in [-0.05, 0) is 54.2 Å². The first-order chi connectivity index (χ1) is 16.1. The number of ether oxygens (including phenoxy) is 2. The van der Waals surface area contributed by atoms with Crippen molar-refractivity contribution in [3.05, 3.63) is 88.9 Å². The van der Waals surface area contributed by atoms with Crippen molar-refractivity contribution in [3.8, 4) is 5.75 Å². The van der Waals surface area contributed by atoms with E-state index in [2.05, 4.69) is 15.5 Å². The van der Waals surface area contributed by atoms with Crippen LogP contribution in [0.5, 0.6) is 5.75 Å². The van der Waals surface area contributed by atoms with E-state index in [1.54, 1.807) is 24.3 Å². The molecule has 33 heavy (non-hydrogen) atoms. The molecule has 4 rings (SSSR count). The van der Waals surface area contributed by atoms with Gasteiger partial charge in [-0.15, -0.1) is 0 Å². The second kappa shape index (κ2) is 11.1. The summed E-state index contributed by atoms with van der Waals surface area (Å²) in [7, 11) is 0. The van der Waals surface area contributed by atoms with Crippen molar-refractivity contribution < 1.29 is 14.3 Å². The Morgan fingerprint density at radius 3 is 2.58 bits per heavy atom. The zero-order valence-corrected chi connectivity index (χ0v) is 19.5. The molecule has 1 heterocycles. The lowest BCUT2D eigenvalue weighted by Gasteiger charge is -2.29. The summed E-state index contributed by atoms with van der Waals surface area (Å²) >= 11 is 11.8. The molecule has 0 atom stereocenters. The van der Waals surface area contributed by atoms with E-state index in [1.165, 1.54) is 0 Å². The van der Waals surface area contributed by atoms with Crippen LogP contribution in [0, 0.1) is 0 Å². The minimum Gasteiger partial charge on any atom is -0.489 e. The Hall–Kier alpha value is -3.13. The number of hydrogen-bond donors (Lipinski definition) is 2. The van der Waals surface area contributed by atoms with Gasteiger partial charge in [0, 0.05) is 24.3 Å². The third-order valence-corrected chi connectivity index (χ3v) is 5.64. The second-order valence-electron chi connectivity index (χ2n) is 7.48. The molecule has 170 valence electrons. The average molecular weight is 482 g/mol. The number of rotatable bonds is 6.